The summed E-state index contributed by atoms with van der Waals surface area (Å²) in [7, 11) is 0. The molecule has 0 spiro atoms. The molecule has 1 aliphatic rings. The van der Waals surface area contributed by atoms with Gasteiger partial charge >= 0.3 is 0 Å². The lowest BCUT2D eigenvalue weighted by atomic mass is 9.80. The summed E-state index contributed by atoms with van der Waals surface area (Å²) in [6.45, 7) is 2.55. The number of anilines is 1. The minimum atomic E-state index is -0.703. The number of pyridine rings is 2. The van der Waals surface area contributed by atoms with E-state index in [9.17, 15) is 10.4 Å². The van der Waals surface area contributed by atoms with E-state index in [1.165, 1.54) is 0 Å². The number of rotatable bonds is 10. The van der Waals surface area contributed by atoms with Gasteiger partial charge in [0.2, 0.25) is 0 Å². The molecule has 1 aliphatic carbocycles. The molecule has 212 valence electrons. The van der Waals surface area contributed by atoms with Crippen molar-refractivity contribution in [2.75, 3.05) is 5.32 Å². The molecule has 0 aliphatic heterocycles. The van der Waals surface area contributed by atoms with Gasteiger partial charge in [0.15, 0.2) is 0 Å². The maximum atomic E-state index is 10.7. The predicted octanol–water partition coefficient (Wildman–Crippen LogP) is 6.60. The number of fused-ring (bicyclic) bond motifs is 1. The fraction of sp³-hybridized carbons (Fsp3) is 0.303. The number of nitrogens with one attached hydrogen (secondary N) is 1. The topological polar surface area (TPSA) is 113 Å². The number of nitrogens with zero attached hydrogens (tertiary/aromatic N) is 6. The number of halogens is 1. The first-order valence-electron chi connectivity index (χ1n) is 14.3. The zero-order chi connectivity index (χ0) is 29.1. The van der Waals surface area contributed by atoms with Gasteiger partial charge in [0.25, 0.3) is 0 Å². The van der Waals surface area contributed by atoms with Crippen LogP contribution in [0.3, 0.4) is 0 Å². The number of hydrogen-bond donors (Lipinski definition) is 2. The third-order valence-electron chi connectivity index (χ3n) is 8.21. The molecule has 0 saturated heterocycles. The molecule has 8 nitrogen and oxygen atoms in total. The molecule has 1 fully saturated rings. The summed E-state index contributed by atoms with van der Waals surface area (Å²) in [6.07, 6.45) is 11.1. The van der Waals surface area contributed by atoms with Crippen LogP contribution in [0.4, 0.5) is 5.69 Å². The lowest BCUT2D eigenvalue weighted by molar-refractivity contribution is -0.0501. The van der Waals surface area contributed by atoms with Crippen LogP contribution in [0.15, 0.2) is 79.4 Å². The first-order valence-corrected chi connectivity index (χ1v) is 14.7. The Hall–Kier alpha value is -4.32. The SMILES string of the molecule is CC[C@@H](Nc1c(C#N)cnc2c(Cl)cc(C[C@@H](c3cccnc3)c3cn(CC4(O)CCC4)nn3)cc12)c1ccccc1. The Morgan fingerprint density at radius 1 is 1.12 bits per heavy atom. The van der Waals surface area contributed by atoms with Gasteiger partial charge in [0, 0.05) is 36.1 Å². The molecule has 9 heteroatoms. The molecule has 0 bridgehead atoms. The van der Waals surface area contributed by atoms with Crippen molar-refractivity contribution in [3.8, 4) is 6.07 Å². The minimum Gasteiger partial charge on any atom is -0.388 e. The molecule has 2 atom stereocenters. The van der Waals surface area contributed by atoms with Crippen molar-refractivity contribution in [3.63, 3.8) is 0 Å². The molecular weight excluding hydrogens is 546 g/mol. The van der Waals surface area contributed by atoms with Gasteiger partial charge in [-0.05, 0) is 67.0 Å². The Morgan fingerprint density at radius 3 is 2.62 bits per heavy atom. The number of hydrogen-bond acceptors (Lipinski definition) is 7. The number of nitriles is 1. The van der Waals surface area contributed by atoms with Gasteiger partial charge in [0.05, 0.1) is 45.7 Å². The molecule has 6 rings (SSSR count). The molecule has 5 aromatic rings. The van der Waals surface area contributed by atoms with Crippen LogP contribution in [0.2, 0.25) is 5.02 Å². The van der Waals surface area contributed by atoms with Crippen molar-refractivity contribution < 1.29 is 5.11 Å². The average molecular weight is 578 g/mol. The summed E-state index contributed by atoms with van der Waals surface area (Å²) in [5, 5.41) is 34.5. The summed E-state index contributed by atoms with van der Waals surface area (Å²) in [5.74, 6) is -0.145. The van der Waals surface area contributed by atoms with Crippen molar-refractivity contribution in [2.45, 2.75) is 63.1 Å². The van der Waals surface area contributed by atoms with E-state index in [0.717, 1.165) is 59.1 Å². The summed E-state index contributed by atoms with van der Waals surface area (Å²) in [5.41, 5.74) is 5.03. The zero-order valence-corrected chi connectivity index (χ0v) is 24.2. The Labute approximate surface area is 250 Å². The van der Waals surface area contributed by atoms with Crippen molar-refractivity contribution in [1.29, 1.82) is 5.26 Å². The number of aromatic nitrogens is 5. The van der Waals surface area contributed by atoms with Gasteiger partial charge in [-0.3, -0.25) is 9.97 Å². The third-order valence-corrected chi connectivity index (χ3v) is 8.50. The van der Waals surface area contributed by atoms with Gasteiger partial charge in [-0.2, -0.15) is 5.26 Å². The van der Waals surface area contributed by atoms with E-state index in [1.807, 2.05) is 48.8 Å². The van der Waals surface area contributed by atoms with E-state index in [0.29, 0.717) is 29.1 Å². The maximum absolute atomic E-state index is 10.7. The zero-order valence-electron chi connectivity index (χ0n) is 23.4. The molecule has 3 aromatic heterocycles. The molecule has 2 aromatic carbocycles. The van der Waals surface area contributed by atoms with Gasteiger partial charge < -0.3 is 10.4 Å². The van der Waals surface area contributed by atoms with Crippen LogP contribution >= 0.6 is 11.6 Å². The lowest BCUT2D eigenvalue weighted by Crippen LogP contribution is -2.41. The van der Waals surface area contributed by atoms with Crippen LogP contribution < -0.4 is 5.32 Å². The highest BCUT2D eigenvalue weighted by molar-refractivity contribution is 6.35. The van der Waals surface area contributed by atoms with E-state index in [-0.39, 0.29) is 12.0 Å². The molecule has 42 heavy (non-hydrogen) atoms. The molecule has 2 N–H and O–H groups in total. The number of benzene rings is 2. The van der Waals surface area contributed by atoms with Crippen molar-refractivity contribution in [1.82, 2.24) is 25.0 Å². The fourth-order valence-corrected chi connectivity index (χ4v) is 6.05. The Morgan fingerprint density at radius 2 is 1.93 bits per heavy atom. The summed E-state index contributed by atoms with van der Waals surface area (Å²) in [4.78, 5) is 8.91. The second-order valence-electron chi connectivity index (χ2n) is 11.1. The third kappa shape index (κ3) is 5.71. The van der Waals surface area contributed by atoms with Crippen LogP contribution in [0.1, 0.15) is 72.5 Å². The van der Waals surface area contributed by atoms with Gasteiger partial charge in [0.1, 0.15) is 6.07 Å². The lowest BCUT2D eigenvalue weighted by Gasteiger charge is -2.36. The van der Waals surface area contributed by atoms with Crippen LogP contribution in [0.5, 0.6) is 0 Å². The minimum absolute atomic E-state index is 0.00926. The average Bonchev–Trinajstić information content (AvgIpc) is 3.46. The second-order valence-corrected chi connectivity index (χ2v) is 11.5. The second kappa shape index (κ2) is 11.9. The van der Waals surface area contributed by atoms with E-state index in [1.54, 1.807) is 17.1 Å². The number of aliphatic hydroxyl groups is 1. The predicted molar refractivity (Wildman–Crippen MR) is 163 cm³/mol. The van der Waals surface area contributed by atoms with Crippen LogP contribution in [-0.4, -0.2) is 35.7 Å². The largest absolute Gasteiger partial charge is 0.388 e. The van der Waals surface area contributed by atoms with E-state index in [4.69, 9.17) is 11.6 Å². The highest BCUT2D eigenvalue weighted by Gasteiger charge is 2.35. The Kier molecular flexibility index (Phi) is 7.88. The Bertz CT molecular complexity index is 1730. The normalized spacial score (nSPS) is 15.5. The molecule has 1 saturated carbocycles. The molecular formula is C33H32ClN7O. The highest BCUT2D eigenvalue weighted by Crippen LogP contribution is 2.37. The van der Waals surface area contributed by atoms with E-state index in [2.05, 4.69) is 56.8 Å². The van der Waals surface area contributed by atoms with Crippen molar-refractivity contribution in [2.24, 2.45) is 0 Å². The summed E-state index contributed by atoms with van der Waals surface area (Å²) < 4.78 is 1.74. The van der Waals surface area contributed by atoms with Gasteiger partial charge in [-0.15, -0.1) is 5.10 Å². The van der Waals surface area contributed by atoms with Crippen LogP contribution in [-0.2, 0) is 13.0 Å². The Balaban J connectivity index is 1.39. The first-order chi connectivity index (χ1) is 20.5. The van der Waals surface area contributed by atoms with Crippen LogP contribution in [0, 0.1) is 11.3 Å². The molecule has 3 heterocycles. The first kappa shape index (κ1) is 27.8. The molecule has 0 unspecified atom stereocenters. The molecule has 0 amide bonds. The summed E-state index contributed by atoms with van der Waals surface area (Å²) >= 11 is 6.85. The quantitative estimate of drug-likeness (QED) is 0.192. The van der Waals surface area contributed by atoms with E-state index >= 15 is 0 Å². The van der Waals surface area contributed by atoms with Crippen molar-refractivity contribution >= 4 is 28.2 Å². The molecule has 0 radical (unpaired) electrons. The van der Waals surface area contributed by atoms with Crippen molar-refractivity contribution in [3.05, 3.63) is 112 Å². The van der Waals surface area contributed by atoms with Gasteiger partial charge in [-0.25, -0.2) is 4.68 Å². The summed E-state index contributed by atoms with van der Waals surface area (Å²) in [6, 6.07) is 20.5. The highest BCUT2D eigenvalue weighted by atomic mass is 35.5. The van der Waals surface area contributed by atoms with Gasteiger partial charge in [-0.1, -0.05) is 60.1 Å². The maximum Gasteiger partial charge on any atom is 0.103 e. The smallest absolute Gasteiger partial charge is 0.103 e. The van der Waals surface area contributed by atoms with Crippen LogP contribution in [0.25, 0.3) is 10.9 Å². The monoisotopic (exact) mass is 577 g/mol. The standard InChI is InChI=1S/C33H32ClN7O/c1-2-29(23-8-4-3-5-9-23)38-31-25(17-35)19-37-32-27(31)15-22(16-28(32)34)14-26(24-10-6-13-36-18-24)30-20-41(40-39-30)21-33(42)11-7-12-33/h3-6,8-10,13,15-16,18-20,26,29,42H,2,7,11-12,14,21H2,1H3,(H,37,38)/t26-,29+/m0/s1. The van der Waals surface area contributed by atoms with E-state index < -0.39 is 5.60 Å². The fourth-order valence-electron chi connectivity index (χ4n) is 5.76.